The minimum atomic E-state index is 0.168. The molecule has 1 aliphatic carbocycles. The van der Waals surface area contributed by atoms with Crippen molar-refractivity contribution in [1.82, 2.24) is 10.6 Å². The number of hydrogen-bond acceptors (Lipinski definition) is 2. The molecule has 3 nitrogen and oxygen atoms in total. The molecule has 0 aromatic rings. The Kier molecular flexibility index (Phi) is 6.06. The zero-order valence-corrected chi connectivity index (χ0v) is 14.3. The van der Waals surface area contributed by atoms with Gasteiger partial charge in [0.15, 0.2) is 0 Å². The highest BCUT2D eigenvalue weighted by molar-refractivity contribution is 5.76. The van der Waals surface area contributed by atoms with E-state index in [2.05, 4.69) is 52.2 Å². The first-order chi connectivity index (χ1) is 9.13. The van der Waals surface area contributed by atoms with Gasteiger partial charge < -0.3 is 10.6 Å². The molecule has 20 heavy (non-hydrogen) atoms. The van der Waals surface area contributed by atoms with E-state index < -0.39 is 0 Å². The van der Waals surface area contributed by atoms with Crippen LogP contribution in [-0.2, 0) is 4.79 Å². The van der Waals surface area contributed by atoms with E-state index in [1.54, 1.807) is 0 Å². The molecule has 2 N–H and O–H groups in total. The largest absolute Gasteiger partial charge is 0.354 e. The molecule has 118 valence electrons. The molecule has 1 atom stereocenters. The molecule has 0 heterocycles. The lowest BCUT2D eigenvalue weighted by Gasteiger charge is -2.45. The Morgan fingerprint density at radius 1 is 1.20 bits per heavy atom. The van der Waals surface area contributed by atoms with Crippen molar-refractivity contribution in [3.05, 3.63) is 0 Å². The van der Waals surface area contributed by atoms with Crippen LogP contribution in [0.2, 0.25) is 0 Å². The van der Waals surface area contributed by atoms with Crippen LogP contribution in [0.5, 0.6) is 0 Å². The van der Waals surface area contributed by atoms with Crippen LogP contribution in [0, 0.1) is 10.8 Å². The lowest BCUT2D eigenvalue weighted by molar-refractivity contribution is -0.121. The van der Waals surface area contributed by atoms with Crippen LogP contribution in [0.25, 0.3) is 0 Å². The SMILES string of the molecule is CCC(C)NC(=O)CCNC1CC(C)(C)CC(C)(C)C1. The van der Waals surface area contributed by atoms with E-state index in [0.29, 0.717) is 23.3 Å². The molecule has 3 heteroatoms. The predicted octanol–water partition coefficient (Wildman–Crippen LogP) is 3.49. The minimum absolute atomic E-state index is 0.168. The van der Waals surface area contributed by atoms with Gasteiger partial charge in [-0.15, -0.1) is 0 Å². The molecule has 1 rings (SSSR count). The van der Waals surface area contributed by atoms with Crippen molar-refractivity contribution in [2.24, 2.45) is 10.8 Å². The Morgan fingerprint density at radius 2 is 1.75 bits per heavy atom. The van der Waals surface area contributed by atoms with Gasteiger partial charge in [0.25, 0.3) is 0 Å². The molecule has 1 amide bonds. The molecule has 0 spiro atoms. The second-order valence-corrected chi connectivity index (χ2v) is 8.19. The van der Waals surface area contributed by atoms with Gasteiger partial charge in [-0.3, -0.25) is 4.79 Å². The highest BCUT2D eigenvalue weighted by Gasteiger charge is 2.38. The zero-order chi connectivity index (χ0) is 15.4. The van der Waals surface area contributed by atoms with Gasteiger partial charge in [-0.25, -0.2) is 0 Å². The molecule has 0 saturated heterocycles. The second kappa shape index (κ2) is 6.93. The van der Waals surface area contributed by atoms with E-state index in [1.807, 2.05) is 0 Å². The Hall–Kier alpha value is -0.570. The first-order valence-electron chi connectivity index (χ1n) is 8.16. The maximum Gasteiger partial charge on any atom is 0.221 e. The second-order valence-electron chi connectivity index (χ2n) is 8.19. The maximum atomic E-state index is 11.8. The lowest BCUT2D eigenvalue weighted by Crippen LogP contribution is -2.45. The summed E-state index contributed by atoms with van der Waals surface area (Å²) in [6, 6.07) is 0.834. The standard InChI is InChI=1S/C17H34N2O/c1-7-13(2)19-15(20)8-9-18-14-10-16(3,4)12-17(5,6)11-14/h13-14,18H,7-12H2,1-6H3,(H,19,20). The Bertz CT molecular complexity index is 307. The zero-order valence-electron chi connectivity index (χ0n) is 14.3. The van der Waals surface area contributed by atoms with Crippen LogP contribution in [0.15, 0.2) is 0 Å². The van der Waals surface area contributed by atoms with Crippen LogP contribution in [-0.4, -0.2) is 24.5 Å². The van der Waals surface area contributed by atoms with Gasteiger partial charge >= 0.3 is 0 Å². The van der Waals surface area contributed by atoms with Gasteiger partial charge in [-0.2, -0.15) is 0 Å². The minimum Gasteiger partial charge on any atom is -0.354 e. The van der Waals surface area contributed by atoms with Gasteiger partial charge in [-0.05, 0) is 43.4 Å². The number of nitrogens with one attached hydrogen (secondary N) is 2. The molecular formula is C17H34N2O. The average molecular weight is 282 g/mol. The van der Waals surface area contributed by atoms with Crippen molar-refractivity contribution in [2.45, 2.75) is 85.7 Å². The number of carbonyl (C=O) groups is 1. The van der Waals surface area contributed by atoms with Crippen molar-refractivity contribution in [2.75, 3.05) is 6.54 Å². The van der Waals surface area contributed by atoms with Crippen molar-refractivity contribution < 1.29 is 4.79 Å². The Labute approximate surface area is 125 Å². The van der Waals surface area contributed by atoms with Gasteiger partial charge in [-0.1, -0.05) is 34.6 Å². The molecule has 0 aromatic heterocycles. The van der Waals surface area contributed by atoms with Gasteiger partial charge in [0.2, 0.25) is 5.91 Å². The molecule has 0 aromatic carbocycles. The molecule has 1 unspecified atom stereocenters. The van der Waals surface area contributed by atoms with Crippen LogP contribution in [0.3, 0.4) is 0 Å². The van der Waals surface area contributed by atoms with E-state index in [-0.39, 0.29) is 11.9 Å². The lowest BCUT2D eigenvalue weighted by atomic mass is 9.63. The third-order valence-electron chi connectivity index (χ3n) is 4.36. The van der Waals surface area contributed by atoms with Crippen LogP contribution in [0.1, 0.15) is 73.6 Å². The fourth-order valence-electron chi connectivity index (χ4n) is 3.83. The van der Waals surface area contributed by atoms with Gasteiger partial charge in [0, 0.05) is 25.0 Å². The Balaban J connectivity index is 2.33. The molecule has 0 radical (unpaired) electrons. The summed E-state index contributed by atoms with van der Waals surface area (Å²) in [5.41, 5.74) is 0.802. The third-order valence-corrected chi connectivity index (χ3v) is 4.36. The summed E-state index contributed by atoms with van der Waals surface area (Å²) in [6.07, 6.45) is 5.28. The van der Waals surface area contributed by atoms with Crippen molar-refractivity contribution in [3.8, 4) is 0 Å². The van der Waals surface area contributed by atoms with Gasteiger partial charge in [0.1, 0.15) is 0 Å². The van der Waals surface area contributed by atoms with Crippen LogP contribution >= 0.6 is 0 Å². The summed E-state index contributed by atoms with van der Waals surface area (Å²) >= 11 is 0. The smallest absolute Gasteiger partial charge is 0.221 e. The van der Waals surface area contributed by atoms with E-state index in [0.717, 1.165) is 13.0 Å². The average Bonchev–Trinajstić information content (AvgIpc) is 2.24. The summed E-state index contributed by atoms with van der Waals surface area (Å²) in [5.74, 6) is 0.168. The number of amides is 1. The van der Waals surface area contributed by atoms with Crippen molar-refractivity contribution >= 4 is 5.91 Å². The molecule has 0 aliphatic heterocycles. The molecular weight excluding hydrogens is 248 g/mol. The number of carbonyl (C=O) groups excluding carboxylic acids is 1. The van der Waals surface area contributed by atoms with E-state index in [9.17, 15) is 4.79 Å². The van der Waals surface area contributed by atoms with E-state index in [4.69, 9.17) is 0 Å². The molecule has 1 fully saturated rings. The number of rotatable bonds is 6. The summed E-state index contributed by atoms with van der Waals surface area (Å²) in [6.45, 7) is 14.4. The van der Waals surface area contributed by atoms with E-state index >= 15 is 0 Å². The van der Waals surface area contributed by atoms with Crippen molar-refractivity contribution in [1.29, 1.82) is 0 Å². The first-order valence-corrected chi connectivity index (χ1v) is 8.16. The summed E-state index contributed by atoms with van der Waals surface area (Å²) in [4.78, 5) is 11.8. The maximum absolute atomic E-state index is 11.8. The first kappa shape index (κ1) is 17.5. The van der Waals surface area contributed by atoms with Gasteiger partial charge in [0.05, 0.1) is 0 Å². The number of hydrogen-bond donors (Lipinski definition) is 2. The highest BCUT2D eigenvalue weighted by atomic mass is 16.1. The molecule has 0 bridgehead atoms. The third kappa shape index (κ3) is 6.25. The summed E-state index contributed by atoms with van der Waals surface area (Å²) in [7, 11) is 0. The molecule has 1 aliphatic rings. The molecule has 1 saturated carbocycles. The highest BCUT2D eigenvalue weighted by Crippen LogP contribution is 2.45. The van der Waals surface area contributed by atoms with E-state index in [1.165, 1.54) is 19.3 Å². The monoisotopic (exact) mass is 282 g/mol. The summed E-state index contributed by atoms with van der Waals surface area (Å²) < 4.78 is 0. The van der Waals surface area contributed by atoms with Crippen LogP contribution < -0.4 is 10.6 Å². The fraction of sp³-hybridized carbons (Fsp3) is 0.941. The van der Waals surface area contributed by atoms with Crippen molar-refractivity contribution in [3.63, 3.8) is 0 Å². The normalized spacial score (nSPS) is 23.3. The predicted molar refractivity (Wildman–Crippen MR) is 85.7 cm³/mol. The topological polar surface area (TPSA) is 41.1 Å². The van der Waals surface area contributed by atoms with Crippen LogP contribution in [0.4, 0.5) is 0 Å². The Morgan fingerprint density at radius 3 is 2.25 bits per heavy atom. The fourth-order valence-corrected chi connectivity index (χ4v) is 3.83. The summed E-state index contributed by atoms with van der Waals surface area (Å²) in [5, 5.41) is 6.62. The quantitative estimate of drug-likeness (QED) is 0.783.